The van der Waals surface area contributed by atoms with Crippen LogP contribution < -0.4 is 5.32 Å². The predicted molar refractivity (Wildman–Crippen MR) is 70.3 cm³/mol. The Morgan fingerprint density at radius 3 is 2.75 bits per heavy atom. The van der Waals surface area contributed by atoms with Crippen molar-refractivity contribution in [2.75, 3.05) is 16.8 Å². The van der Waals surface area contributed by atoms with Crippen molar-refractivity contribution in [1.82, 2.24) is 0 Å². The molecule has 16 heavy (non-hydrogen) atoms. The van der Waals surface area contributed by atoms with E-state index < -0.39 is 0 Å². The first-order chi connectivity index (χ1) is 7.72. The first kappa shape index (κ1) is 13.1. The number of carbonyl (C=O) groups is 1. The number of nitrogens with zero attached hydrogens (tertiary/aromatic N) is 1. The Labute approximate surface area is 107 Å². The zero-order valence-corrected chi connectivity index (χ0v) is 11.0. The zero-order valence-electron chi connectivity index (χ0n) is 8.57. The van der Waals surface area contributed by atoms with E-state index in [1.807, 2.05) is 30.3 Å². The summed E-state index contributed by atoms with van der Waals surface area (Å²) in [6.07, 6.45) is 0.482. The van der Waals surface area contributed by atoms with Crippen molar-refractivity contribution in [1.29, 1.82) is 5.26 Å². The molecule has 84 valence electrons. The molecule has 0 aliphatic heterocycles. The van der Waals surface area contributed by atoms with Crippen LogP contribution in [-0.4, -0.2) is 17.4 Å². The van der Waals surface area contributed by atoms with Crippen molar-refractivity contribution in [2.45, 2.75) is 6.42 Å². The fourth-order valence-electron chi connectivity index (χ4n) is 1.01. The summed E-state index contributed by atoms with van der Waals surface area (Å²) in [4.78, 5) is 11.4. The topological polar surface area (TPSA) is 52.9 Å². The van der Waals surface area contributed by atoms with Gasteiger partial charge in [0.1, 0.15) is 0 Å². The van der Waals surface area contributed by atoms with Crippen molar-refractivity contribution < 1.29 is 4.79 Å². The third kappa shape index (κ3) is 5.19. The largest absolute Gasteiger partial charge is 0.325 e. The van der Waals surface area contributed by atoms with Gasteiger partial charge in [0.15, 0.2) is 0 Å². The van der Waals surface area contributed by atoms with E-state index in [1.165, 1.54) is 11.8 Å². The average Bonchev–Trinajstić information content (AvgIpc) is 2.28. The van der Waals surface area contributed by atoms with Gasteiger partial charge in [-0.3, -0.25) is 4.79 Å². The van der Waals surface area contributed by atoms with E-state index in [4.69, 9.17) is 5.26 Å². The summed E-state index contributed by atoms with van der Waals surface area (Å²) in [5.74, 6) is 1.05. The highest BCUT2D eigenvalue weighted by molar-refractivity contribution is 9.10. The minimum absolute atomic E-state index is 0.0368. The molecule has 0 saturated heterocycles. The molecule has 0 spiro atoms. The molecule has 0 heterocycles. The number of nitrogens with one attached hydrogen (secondary N) is 1. The van der Waals surface area contributed by atoms with E-state index >= 15 is 0 Å². The third-order valence-corrected chi connectivity index (χ3v) is 3.21. The van der Waals surface area contributed by atoms with Crippen LogP contribution in [0.15, 0.2) is 28.7 Å². The maximum absolute atomic E-state index is 11.4. The van der Waals surface area contributed by atoms with Gasteiger partial charge in [-0.15, -0.1) is 0 Å². The fourth-order valence-corrected chi connectivity index (χ4v) is 1.91. The second kappa shape index (κ2) is 7.31. The summed E-state index contributed by atoms with van der Waals surface area (Å²) in [6, 6.07) is 9.46. The van der Waals surface area contributed by atoms with Gasteiger partial charge in [-0.05, 0) is 24.3 Å². The molecule has 0 fully saturated rings. The number of benzene rings is 1. The van der Waals surface area contributed by atoms with Gasteiger partial charge < -0.3 is 5.32 Å². The van der Waals surface area contributed by atoms with Gasteiger partial charge in [0.25, 0.3) is 0 Å². The van der Waals surface area contributed by atoms with Gasteiger partial charge in [-0.25, -0.2) is 0 Å². The van der Waals surface area contributed by atoms with Crippen LogP contribution in [-0.2, 0) is 4.79 Å². The van der Waals surface area contributed by atoms with Gasteiger partial charge in [0.2, 0.25) is 5.91 Å². The molecule has 5 heteroatoms. The fraction of sp³-hybridized carbons (Fsp3) is 0.273. The molecule has 3 nitrogen and oxygen atoms in total. The lowest BCUT2D eigenvalue weighted by molar-refractivity contribution is -0.113. The first-order valence-corrected chi connectivity index (χ1v) is 6.67. The molecule has 1 rings (SSSR count). The minimum atomic E-state index is -0.0368. The number of amides is 1. The molecule has 0 unspecified atom stereocenters. The van der Waals surface area contributed by atoms with Crippen LogP contribution in [0.4, 0.5) is 5.69 Å². The Morgan fingerprint density at radius 2 is 2.12 bits per heavy atom. The molecule has 0 aliphatic rings. The van der Waals surface area contributed by atoms with Crippen LogP contribution in [0.3, 0.4) is 0 Å². The molecule has 1 aromatic rings. The molecule has 1 amide bonds. The monoisotopic (exact) mass is 298 g/mol. The average molecular weight is 299 g/mol. The number of thioether (sulfide) groups is 1. The summed E-state index contributed by atoms with van der Waals surface area (Å²) in [5, 5.41) is 11.1. The molecule has 1 N–H and O–H groups in total. The molecule has 1 aromatic carbocycles. The molecule has 0 bridgehead atoms. The van der Waals surface area contributed by atoms with E-state index in [1.54, 1.807) is 0 Å². The molecule has 0 aliphatic carbocycles. The SMILES string of the molecule is N#CCCSCC(=O)Nc1ccc(Br)cc1. The van der Waals surface area contributed by atoms with Crippen LogP contribution in [0.1, 0.15) is 6.42 Å². The molecule has 0 atom stereocenters. The van der Waals surface area contributed by atoms with E-state index in [0.717, 1.165) is 10.2 Å². The zero-order chi connectivity index (χ0) is 11.8. The lowest BCUT2D eigenvalue weighted by Gasteiger charge is -2.04. The number of anilines is 1. The van der Waals surface area contributed by atoms with Crippen molar-refractivity contribution in [3.05, 3.63) is 28.7 Å². The molecule has 0 radical (unpaired) electrons. The van der Waals surface area contributed by atoms with Crippen molar-refractivity contribution in [3.8, 4) is 6.07 Å². The smallest absolute Gasteiger partial charge is 0.234 e. The summed E-state index contributed by atoms with van der Waals surface area (Å²) in [6.45, 7) is 0. The minimum Gasteiger partial charge on any atom is -0.325 e. The third-order valence-electron chi connectivity index (χ3n) is 1.72. The van der Waals surface area contributed by atoms with E-state index in [-0.39, 0.29) is 5.91 Å². The van der Waals surface area contributed by atoms with Gasteiger partial charge in [-0.1, -0.05) is 15.9 Å². The second-order valence-corrected chi connectivity index (χ2v) is 5.04. The Hall–Kier alpha value is -0.990. The van der Waals surface area contributed by atoms with Gasteiger partial charge >= 0.3 is 0 Å². The van der Waals surface area contributed by atoms with Crippen LogP contribution in [0.2, 0.25) is 0 Å². The number of hydrogen-bond acceptors (Lipinski definition) is 3. The highest BCUT2D eigenvalue weighted by Crippen LogP contribution is 2.14. The molecule has 0 saturated carbocycles. The Bertz CT molecular complexity index is 386. The van der Waals surface area contributed by atoms with Crippen molar-refractivity contribution >= 4 is 39.3 Å². The quantitative estimate of drug-likeness (QED) is 0.850. The number of rotatable bonds is 5. The van der Waals surface area contributed by atoms with Gasteiger partial charge in [0.05, 0.1) is 11.8 Å². The van der Waals surface area contributed by atoms with Crippen LogP contribution >= 0.6 is 27.7 Å². The van der Waals surface area contributed by atoms with Crippen molar-refractivity contribution in [2.24, 2.45) is 0 Å². The predicted octanol–water partition coefficient (Wildman–Crippen LogP) is 3.03. The van der Waals surface area contributed by atoms with Crippen LogP contribution in [0.25, 0.3) is 0 Å². The molecular formula is C11H11BrN2OS. The summed E-state index contributed by atoms with van der Waals surface area (Å²) < 4.78 is 0.980. The number of nitriles is 1. The standard InChI is InChI=1S/C11H11BrN2OS/c12-9-2-4-10(5-3-9)14-11(15)8-16-7-1-6-13/h2-5H,1,7-8H2,(H,14,15). The Kier molecular flexibility index (Phi) is 5.98. The first-order valence-electron chi connectivity index (χ1n) is 4.72. The number of carbonyl (C=O) groups excluding carboxylic acids is 1. The van der Waals surface area contributed by atoms with Crippen LogP contribution in [0, 0.1) is 11.3 Å². The highest BCUT2D eigenvalue weighted by atomic mass is 79.9. The highest BCUT2D eigenvalue weighted by Gasteiger charge is 2.01. The summed E-state index contributed by atoms with van der Waals surface area (Å²) in [5.41, 5.74) is 0.786. The van der Waals surface area contributed by atoms with E-state index in [2.05, 4.69) is 21.2 Å². The van der Waals surface area contributed by atoms with E-state index in [9.17, 15) is 4.79 Å². The number of hydrogen-bond donors (Lipinski definition) is 1. The molecule has 0 aromatic heterocycles. The second-order valence-electron chi connectivity index (χ2n) is 3.02. The van der Waals surface area contributed by atoms with Gasteiger partial charge in [0, 0.05) is 22.3 Å². The maximum Gasteiger partial charge on any atom is 0.234 e. The van der Waals surface area contributed by atoms with E-state index in [0.29, 0.717) is 17.9 Å². The van der Waals surface area contributed by atoms with Crippen molar-refractivity contribution in [3.63, 3.8) is 0 Å². The Balaban J connectivity index is 2.29. The Morgan fingerprint density at radius 1 is 1.44 bits per heavy atom. The lowest BCUT2D eigenvalue weighted by Crippen LogP contribution is -2.14. The normalized spacial score (nSPS) is 9.50. The lowest BCUT2D eigenvalue weighted by atomic mass is 10.3. The summed E-state index contributed by atoms with van der Waals surface area (Å²) >= 11 is 4.79. The maximum atomic E-state index is 11.4. The van der Waals surface area contributed by atoms with Crippen LogP contribution in [0.5, 0.6) is 0 Å². The number of halogens is 1. The van der Waals surface area contributed by atoms with Gasteiger partial charge in [-0.2, -0.15) is 17.0 Å². The summed E-state index contributed by atoms with van der Waals surface area (Å²) in [7, 11) is 0. The molecular weight excluding hydrogens is 288 g/mol.